The van der Waals surface area contributed by atoms with Crippen LogP contribution in [0.4, 0.5) is 11.4 Å². The average molecular weight is 555 g/mol. The van der Waals surface area contributed by atoms with Crippen LogP contribution in [0.2, 0.25) is 0 Å². The van der Waals surface area contributed by atoms with Crippen LogP contribution in [-0.4, -0.2) is 29.1 Å². The summed E-state index contributed by atoms with van der Waals surface area (Å²) in [5.74, 6) is 0.806. The van der Waals surface area contributed by atoms with Crippen molar-refractivity contribution in [3.63, 3.8) is 0 Å². The molecule has 1 amide bonds. The van der Waals surface area contributed by atoms with Crippen molar-refractivity contribution in [1.82, 2.24) is 10.3 Å². The number of hydrogen-bond acceptors (Lipinski definition) is 6. The summed E-state index contributed by atoms with van der Waals surface area (Å²) in [5, 5.41) is 6.97. The molecule has 1 saturated heterocycles. The molecule has 2 N–H and O–H groups in total. The lowest BCUT2D eigenvalue weighted by Gasteiger charge is -2.27. The van der Waals surface area contributed by atoms with Gasteiger partial charge in [0.1, 0.15) is 17.6 Å². The van der Waals surface area contributed by atoms with Crippen molar-refractivity contribution >= 4 is 40.6 Å². The monoisotopic (exact) mass is 554 g/mol. The van der Waals surface area contributed by atoms with Crippen LogP contribution in [0.3, 0.4) is 0 Å². The summed E-state index contributed by atoms with van der Waals surface area (Å²) in [6, 6.07) is 22.0. The fourth-order valence-electron chi connectivity index (χ4n) is 4.69. The van der Waals surface area contributed by atoms with Crippen LogP contribution in [0.5, 0.6) is 0 Å². The van der Waals surface area contributed by atoms with E-state index >= 15 is 0 Å². The van der Waals surface area contributed by atoms with Crippen LogP contribution in [0.15, 0.2) is 83.4 Å². The van der Waals surface area contributed by atoms with Crippen molar-refractivity contribution in [3.05, 3.63) is 102 Å². The summed E-state index contributed by atoms with van der Waals surface area (Å²) in [4.78, 5) is 30.8. The third-order valence-corrected chi connectivity index (χ3v) is 7.19. The number of anilines is 2. The molecule has 204 valence electrons. The second kappa shape index (κ2) is 11.3. The number of nitrogens with zero attached hydrogens (tertiary/aromatic N) is 2. The number of hydrogen-bond donors (Lipinski definition) is 2. The molecule has 1 fully saturated rings. The minimum Gasteiger partial charge on any atom is -0.465 e. The van der Waals surface area contributed by atoms with Crippen LogP contribution >= 0.6 is 12.2 Å². The molecular weight excluding hydrogens is 524 g/mol. The molecule has 5 rings (SSSR count). The van der Waals surface area contributed by atoms with Crippen molar-refractivity contribution < 1.29 is 18.7 Å². The normalized spacial score (nSPS) is 16.6. The highest BCUT2D eigenvalue weighted by molar-refractivity contribution is 7.80. The van der Waals surface area contributed by atoms with Gasteiger partial charge in [0.15, 0.2) is 5.11 Å². The largest absolute Gasteiger partial charge is 0.465 e. The van der Waals surface area contributed by atoms with Gasteiger partial charge in [-0.2, -0.15) is 0 Å². The number of esters is 1. The first-order chi connectivity index (χ1) is 19.3. The van der Waals surface area contributed by atoms with E-state index in [9.17, 15) is 9.59 Å². The second-order valence-corrected chi connectivity index (χ2v) is 10.3. The zero-order chi connectivity index (χ0) is 28.4. The van der Waals surface area contributed by atoms with Gasteiger partial charge < -0.3 is 24.7 Å². The molecule has 0 unspecified atom stereocenters. The highest BCUT2D eigenvalue weighted by Gasteiger charge is 2.42. The van der Waals surface area contributed by atoms with Crippen LogP contribution in [-0.2, 0) is 9.53 Å². The number of thiocarbonyl (C=S) groups is 1. The van der Waals surface area contributed by atoms with Crippen LogP contribution in [0.25, 0.3) is 11.3 Å². The molecule has 1 aliphatic heterocycles. The maximum absolute atomic E-state index is 12.3. The zero-order valence-electron chi connectivity index (χ0n) is 22.7. The number of benzene rings is 2. The van der Waals surface area contributed by atoms with E-state index in [2.05, 4.69) is 15.6 Å². The summed E-state index contributed by atoms with van der Waals surface area (Å²) >= 11 is 5.84. The van der Waals surface area contributed by atoms with Crippen LogP contribution in [0, 0.1) is 12.8 Å². The number of furan rings is 1. The molecule has 0 bridgehead atoms. The van der Waals surface area contributed by atoms with E-state index in [4.69, 9.17) is 21.4 Å². The van der Waals surface area contributed by atoms with Crippen molar-refractivity contribution in [2.45, 2.75) is 32.9 Å². The number of nitrogens with one attached hydrogen (secondary N) is 2. The summed E-state index contributed by atoms with van der Waals surface area (Å²) in [6.07, 6.45) is 1.76. The predicted octanol–water partition coefficient (Wildman–Crippen LogP) is 6.21. The molecular formula is C31H30N4O4S. The quantitative estimate of drug-likeness (QED) is 0.206. The van der Waals surface area contributed by atoms with Gasteiger partial charge in [-0.3, -0.25) is 9.78 Å². The SMILES string of the molecule is COC(=O)c1ccc(-c2ccc([C@H]3[C@@H](c4ccccn4)NC(=S)N3c3ccc(NC(=O)C(C)C)c(C)c3)o2)cc1. The van der Waals surface area contributed by atoms with E-state index in [1.165, 1.54) is 7.11 Å². The van der Waals surface area contributed by atoms with E-state index in [1.807, 2.05) is 86.3 Å². The predicted molar refractivity (Wildman–Crippen MR) is 158 cm³/mol. The summed E-state index contributed by atoms with van der Waals surface area (Å²) in [7, 11) is 1.36. The van der Waals surface area contributed by atoms with Gasteiger partial charge in [-0.05, 0) is 79.3 Å². The van der Waals surface area contributed by atoms with Crippen molar-refractivity contribution in [2.24, 2.45) is 5.92 Å². The smallest absolute Gasteiger partial charge is 0.337 e. The van der Waals surface area contributed by atoms with E-state index < -0.39 is 5.97 Å². The molecule has 0 spiro atoms. The summed E-state index contributed by atoms with van der Waals surface area (Å²) < 4.78 is 11.2. The number of ether oxygens (including phenoxy) is 1. The van der Waals surface area contributed by atoms with E-state index in [0.29, 0.717) is 22.2 Å². The lowest BCUT2D eigenvalue weighted by atomic mass is 10.0. The Hall–Kier alpha value is -4.50. The molecule has 0 saturated carbocycles. The number of methoxy groups -OCH3 is 1. The highest BCUT2D eigenvalue weighted by atomic mass is 32.1. The maximum Gasteiger partial charge on any atom is 0.337 e. The van der Waals surface area contributed by atoms with Crippen LogP contribution < -0.4 is 15.5 Å². The van der Waals surface area contributed by atoms with Gasteiger partial charge in [0.25, 0.3) is 0 Å². The minimum atomic E-state index is -0.392. The van der Waals surface area contributed by atoms with E-state index in [1.54, 1.807) is 18.3 Å². The van der Waals surface area contributed by atoms with Gasteiger partial charge in [0, 0.05) is 29.1 Å². The van der Waals surface area contributed by atoms with Gasteiger partial charge in [-0.1, -0.05) is 32.0 Å². The Kier molecular flexibility index (Phi) is 7.66. The zero-order valence-corrected chi connectivity index (χ0v) is 23.5. The van der Waals surface area contributed by atoms with Gasteiger partial charge >= 0.3 is 5.97 Å². The Morgan fingerprint density at radius 3 is 2.50 bits per heavy atom. The van der Waals surface area contributed by atoms with Crippen LogP contribution in [0.1, 0.15) is 53.3 Å². The Morgan fingerprint density at radius 1 is 1.07 bits per heavy atom. The molecule has 0 aliphatic carbocycles. The lowest BCUT2D eigenvalue weighted by molar-refractivity contribution is -0.118. The lowest BCUT2D eigenvalue weighted by Crippen LogP contribution is -2.29. The first-order valence-electron chi connectivity index (χ1n) is 13.0. The average Bonchev–Trinajstić information content (AvgIpc) is 3.59. The first-order valence-corrected chi connectivity index (χ1v) is 13.4. The minimum absolute atomic E-state index is 0.0370. The Balaban J connectivity index is 1.52. The summed E-state index contributed by atoms with van der Waals surface area (Å²) in [5.41, 5.74) is 4.66. The number of aryl methyl sites for hydroxylation is 1. The van der Waals surface area contributed by atoms with Gasteiger partial charge in [-0.15, -0.1) is 0 Å². The molecule has 40 heavy (non-hydrogen) atoms. The van der Waals surface area contributed by atoms with Gasteiger partial charge in [0.05, 0.1) is 24.4 Å². The molecule has 9 heteroatoms. The molecule has 4 aromatic rings. The first kappa shape index (κ1) is 27.1. The molecule has 8 nitrogen and oxygen atoms in total. The standard InChI is InChI=1S/C31H30N4O4S/c1-18(2)29(36)33-23-13-12-22(17-19(23)3)35-28(27(34-31(35)40)24-7-5-6-16-32-24)26-15-14-25(39-26)20-8-10-21(11-9-20)30(37)38-4/h5-18,27-28H,1-4H3,(H,33,36)(H,34,40)/t27-,28+/m1/s1. The van der Waals surface area contributed by atoms with Gasteiger partial charge in [0.2, 0.25) is 5.91 Å². The maximum atomic E-state index is 12.3. The molecule has 0 radical (unpaired) electrons. The fourth-order valence-corrected chi connectivity index (χ4v) is 5.04. The van der Waals surface area contributed by atoms with Gasteiger partial charge in [-0.25, -0.2) is 4.79 Å². The topological polar surface area (TPSA) is 96.7 Å². The molecule has 2 aromatic carbocycles. The highest BCUT2D eigenvalue weighted by Crippen LogP contribution is 2.43. The third kappa shape index (κ3) is 5.33. The number of carbonyl (C=O) groups excluding carboxylic acids is 2. The summed E-state index contributed by atoms with van der Waals surface area (Å²) in [6.45, 7) is 5.68. The third-order valence-electron chi connectivity index (χ3n) is 6.88. The van der Waals surface area contributed by atoms with Crippen molar-refractivity contribution in [2.75, 3.05) is 17.3 Å². The number of amides is 1. The number of aromatic nitrogens is 1. The number of rotatable bonds is 7. The van der Waals surface area contributed by atoms with E-state index in [0.717, 1.165) is 28.2 Å². The number of pyridine rings is 1. The molecule has 3 heterocycles. The molecule has 2 aromatic heterocycles. The Morgan fingerprint density at radius 2 is 1.85 bits per heavy atom. The Bertz CT molecular complexity index is 1550. The Labute approximate surface area is 238 Å². The van der Waals surface area contributed by atoms with Crippen molar-refractivity contribution in [3.8, 4) is 11.3 Å². The van der Waals surface area contributed by atoms with E-state index in [-0.39, 0.29) is 23.9 Å². The second-order valence-electron chi connectivity index (χ2n) is 9.91. The number of carbonyl (C=O) groups is 2. The van der Waals surface area contributed by atoms with Crippen molar-refractivity contribution in [1.29, 1.82) is 0 Å². The fraction of sp³-hybridized carbons (Fsp3) is 0.226. The molecule has 1 aliphatic rings. The molecule has 2 atom stereocenters.